The maximum absolute atomic E-state index is 4.62. The van der Waals surface area contributed by atoms with Crippen molar-refractivity contribution in [2.24, 2.45) is 10.2 Å². The molecule has 3 aromatic rings. The van der Waals surface area contributed by atoms with Crippen LogP contribution in [0, 0.1) is 13.8 Å². The van der Waals surface area contributed by atoms with Crippen LogP contribution in [-0.4, -0.2) is 9.97 Å². The topological polar surface area (TPSA) is 50.5 Å². The number of hydrogen-bond acceptors (Lipinski definition) is 4. The molecule has 0 bridgehead atoms. The summed E-state index contributed by atoms with van der Waals surface area (Å²) in [7, 11) is 0. The lowest BCUT2D eigenvalue weighted by molar-refractivity contribution is 0.733. The normalized spacial score (nSPS) is 12.9. The summed E-state index contributed by atoms with van der Waals surface area (Å²) in [6, 6.07) is 13.9. The zero-order valence-corrected chi connectivity index (χ0v) is 13.0. The summed E-state index contributed by atoms with van der Waals surface area (Å²) in [6.07, 6.45) is 1.77. The molecule has 0 amide bonds. The van der Waals surface area contributed by atoms with Crippen molar-refractivity contribution in [1.29, 1.82) is 0 Å². The van der Waals surface area contributed by atoms with Crippen LogP contribution in [0.25, 0.3) is 10.9 Å². The van der Waals surface area contributed by atoms with Crippen LogP contribution in [-0.2, 0) is 0 Å². The molecule has 0 fully saturated rings. The first kappa shape index (κ1) is 14.3. The molecule has 4 nitrogen and oxygen atoms in total. The molecule has 0 radical (unpaired) electrons. The average molecular weight is 290 g/mol. The van der Waals surface area contributed by atoms with Gasteiger partial charge in [-0.25, -0.2) is 4.98 Å². The van der Waals surface area contributed by atoms with Crippen LogP contribution in [0.3, 0.4) is 0 Å². The predicted octanol–water partition coefficient (Wildman–Crippen LogP) is 5.09. The summed E-state index contributed by atoms with van der Waals surface area (Å²) < 4.78 is 0. The Morgan fingerprint density at radius 2 is 1.86 bits per heavy atom. The molecule has 0 saturated heterocycles. The first-order chi connectivity index (χ1) is 10.6. The maximum Gasteiger partial charge on any atom is 0.174 e. The summed E-state index contributed by atoms with van der Waals surface area (Å²) in [5.41, 5.74) is 4.20. The van der Waals surface area contributed by atoms with E-state index in [-0.39, 0.29) is 6.04 Å². The second kappa shape index (κ2) is 6.02. The third-order valence-corrected chi connectivity index (χ3v) is 3.68. The van der Waals surface area contributed by atoms with Crippen LogP contribution < -0.4 is 0 Å². The molecule has 2 heterocycles. The highest BCUT2D eigenvalue weighted by Crippen LogP contribution is 2.25. The van der Waals surface area contributed by atoms with Gasteiger partial charge < -0.3 is 0 Å². The summed E-state index contributed by atoms with van der Waals surface area (Å²) in [5, 5.41) is 9.81. The van der Waals surface area contributed by atoms with Gasteiger partial charge in [0.05, 0.1) is 11.2 Å². The third kappa shape index (κ3) is 2.86. The minimum Gasteiger partial charge on any atom is -0.259 e. The maximum atomic E-state index is 4.62. The van der Waals surface area contributed by atoms with Gasteiger partial charge in [0, 0.05) is 11.6 Å². The molecule has 1 atom stereocenters. The Balaban J connectivity index is 1.94. The van der Waals surface area contributed by atoms with E-state index >= 15 is 0 Å². The summed E-state index contributed by atoms with van der Waals surface area (Å²) in [4.78, 5) is 8.92. The number of hydrogen-bond donors (Lipinski definition) is 0. The molecule has 110 valence electrons. The molecule has 0 aliphatic carbocycles. The number of benzene rings is 1. The minimum absolute atomic E-state index is 0.0872. The zero-order valence-electron chi connectivity index (χ0n) is 13.0. The number of rotatable bonds is 3. The van der Waals surface area contributed by atoms with Gasteiger partial charge in [-0.2, -0.15) is 5.11 Å². The number of para-hydroxylation sites is 1. The third-order valence-electron chi connectivity index (χ3n) is 3.68. The average Bonchev–Trinajstić information content (AvgIpc) is 2.54. The van der Waals surface area contributed by atoms with E-state index in [1.54, 1.807) is 6.20 Å². The number of nitrogens with zero attached hydrogens (tertiary/aromatic N) is 4. The predicted molar refractivity (Wildman–Crippen MR) is 88.4 cm³/mol. The van der Waals surface area contributed by atoms with Crippen molar-refractivity contribution in [2.75, 3.05) is 0 Å². The van der Waals surface area contributed by atoms with Gasteiger partial charge in [0.25, 0.3) is 0 Å². The molecule has 0 saturated carbocycles. The Labute approximate surface area is 130 Å². The number of aryl methyl sites for hydroxylation is 2. The van der Waals surface area contributed by atoms with Gasteiger partial charge in [0.1, 0.15) is 6.04 Å². The van der Waals surface area contributed by atoms with Crippen LogP contribution in [0.15, 0.2) is 58.9 Å². The minimum atomic E-state index is -0.0872. The molecule has 2 aromatic heterocycles. The fraction of sp³-hybridized carbons (Fsp3) is 0.222. The number of fused-ring (bicyclic) bond motifs is 1. The van der Waals surface area contributed by atoms with Crippen LogP contribution >= 0.6 is 0 Å². The quantitative estimate of drug-likeness (QED) is 0.631. The molecule has 22 heavy (non-hydrogen) atoms. The molecule has 0 spiro atoms. The highest BCUT2D eigenvalue weighted by molar-refractivity contribution is 5.86. The van der Waals surface area contributed by atoms with Crippen LogP contribution in [0.4, 0.5) is 5.82 Å². The highest BCUT2D eigenvalue weighted by Gasteiger charge is 2.06. The summed E-state index contributed by atoms with van der Waals surface area (Å²) >= 11 is 0. The highest BCUT2D eigenvalue weighted by atomic mass is 15.2. The lowest BCUT2D eigenvalue weighted by Gasteiger charge is -2.06. The zero-order chi connectivity index (χ0) is 15.5. The molecule has 0 N–H and O–H groups in total. The molecule has 0 aliphatic rings. The fourth-order valence-electron chi connectivity index (χ4n) is 2.42. The summed E-state index contributed by atoms with van der Waals surface area (Å²) in [5.74, 6) is 0.641. The lowest BCUT2D eigenvalue weighted by atomic mass is 10.1. The SMILES string of the molecule is Cc1cc(N=NC(C)c2ccccn2)nc2c(C)cccc12. The molecular formula is C18H18N4. The van der Waals surface area contributed by atoms with Crippen molar-refractivity contribution in [2.45, 2.75) is 26.8 Å². The van der Waals surface area contributed by atoms with E-state index in [1.807, 2.05) is 31.2 Å². The second-order valence-corrected chi connectivity index (χ2v) is 5.41. The van der Waals surface area contributed by atoms with Crippen molar-refractivity contribution >= 4 is 16.7 Å². The van der Waals surface area contributed by atoms with Gasteiger partial charge in [-0.15, -0.1) is 5.11 Å². The fourth-order valence-corrected chi connectivity index (χ4v) is 2.42. The van der Waals surface area contributed by atoms with Crippen molar-refractivity contribution in [3.05, 3.63) is 65.5 Å². The van der Waals surface area contributed by atoms with Gasteiger partial charge in [0.15, 0.2) is 5.82 Å². The second-order valence-electron chi connectivity index (χ2n) is 5.41. The molecule has 4 heteroatoms. The monoisotopic (exact) mass is 290 g/mol. The standard InChI is InChI=1S/C18H18N4/c1-12-7-6-8-15-13(2)11-17(20-18(12)15)22-21-14(3)16-9-4-5-10-19-16/h4-11,14H,1-3H3. The van der Waals surface area contributed by atoms with E-state index < -0.39 is 0 Å². The van der Waals surface area contributed by atoms with Crippen LogP contribution in [0.1, 0.15) is 29.8 Å². The Morgan fingerprint density at radius 1 is 1.00 bits per heavy atom. The van der Waals surface area contributed by atoms with Crippen LogP contribution in [0.2, 0.25) is 0 Å². The Bertz CT molecular complexity index is 825. The number of aromatic nitrogens is 2. The van der Waals surface area contributed by atoms with Crippen LogP contribution in [0.5, 0.6) is 0 Å². The Hall–Kier alpha value is -2.62. The van der Waals surface area contributed by atoms with E-state index in [4.69, 9.17) is 0 Å². The van der Waals surface area contributed by atoms with Gasteiger partial charge in [-0.05, 0) is 50.1 Å². The van der Waals surface area contributed by atoms with Gasteiger partial charge in [0.2, 0.25) is 0 Å². The van der Waals surface area contributed by atoms with Crippen molar-refractivity contribution in [3.63, 3.8) is 0 Å². The Morgan fingerprint density at radius 3 is 2.64 bits per heavy atom. The lowest BCUT2D eigenvalue weighted by Crippen LogP contribution is -1.92. The van der Waals surface area contributed by atoms with E-state index in [9.17, 15) is 0 Å². The van der Waals surface area contributed by atoms with Crippen molar-refractivity contribution in [3.8, 4) is 0 Å². The molecular weight excluding hydrogens is 272 g/mol. The van der Waals surface area contributed by atoms with E-state index in [2.05, 4.69) is 52.2 Å². The first-order valence-corrected chi connectivity index (χ1v) is 7.34. The van der Waals surface area contributed by atoms with Gasteiger partial charge in [-0.3, -0.25) is 4.98 Å². The van der Waals surface area contributed by atoms with E-state index in [1.165, 1.54) is 0 Å². The van der Waals surface area contributed by atoms with Gasteiger partial charge in [-0.1, -0.05) is 24.3 Å². The first-order valence-electron chi connectivity index (χ1n) is 7.34. The van der Waals surface area contributed by atoms with E-state index in [0.29, 0.717) is 5.82 Å². The molecule has 3 rings (SSSR count). The number of pyridine rings is 2. The van der Waals surface area contributed by atoms with Gasteiger partial charge >= 0.3 is 0 Å². The molecule has 1 unspecified atom stereocenters. The van der Waals surface area contributed by atoms with Crippen molar-refractivity contribution < 1.29 is 0 Å². The Kier molecular flexibility index (Phi) is 3.92. The molecule has 0 aliphatic heterocycles. The smallest absolute Gasteiger partial charge is 0.174 e. The molecule has 1 aromatic carbocycles. The summed E-state index contributed by atoms with van der Waals surface area (Å²) in [6.45, 7) is 6.11. The largest absolute Gasteiger partial charge is 0.259 e. The van der Waals surface area contributed by atoms with E-state index in [0.717, 1.165) is 27.7 Å². The van der Waals surface area contributed by atoms with Crippen molar-refractivity contribution in [1.82, 2.24) is 9.97 Å². The number of azo groups is 1.